The third-order valence-electron chi connectivity index (χ3n) is 2.26. The minimum absolute atomic E-state index is 0. The number of carboxylic acids is 1. The molecule has 0 radical (unpaired) electrons. The highest BCUT2D eigenvalue weighted by atomic mass is 35.5. The van der Waals surface area contributed by atoms with E-state index in [4.69, 9.17) is 16.6 Å². The van der Waals surface area contributed by atoms with Crippen LogP contribution >= 0.6 is 24.8 Å². The molecule has 0 aliphatic carbocycles. The summed E-state index contributed by atoms with van der Waals surface area (Å²) in [5.41, 5.74) is 11.1. The second-order valence-electron chi connectivity index (χ2n) is 3.53. The van der Waals surface area contributed by atoms with Crippen molar-refractivity contribution in [2.24, 2.45) is 11.5 Å². The van der Waals surface area contributed by atoms with E-state index >= 15 is 0 Å². The molecule has 0 bridgehead atoms. The van der Waals surface area contributed by atoms with Crippen molar-refractivity contribution in [1.29, 1.82) is 0 Å². The first-order valence-corrected chi connectivity index (χ1v) is 5.10. The van der Waals surface area contributed by atoms with Gasteiger partial charge >= 0.3 is 5.97 Å². The molecule has 0 spiro atoms. The number of carboxylic acid groups (broad SMARTS) is 1. The van der Waals surface area contributed by atoms with Crippen LogP contribution in [0.1, 0.15) is 11.6 Å². The zero-order valence-corrected chi connectivity index (χ0v) is 11.6. The molecule has 0 saturated carbocycles. The molecule has 0 aromatic heterocycles. The number of hydrogen-bond donors (Lipinski definition) is 4. The first kappa shape index (κ1) is 20.0. The maximum atomic E-state index is 11.5. The molecule has 6 nitrogen and oxygen atoms in total. The van der Waals surface area contributed by atoms with Crippen molar-refractivity contribution in [1.82, 2.24) is 5.32 Å². The van der Waals surface area contributed by atoms with Crippen LogP contribution in [0.3, 0.4) is 0 Å². The van der Waals surface area contributed by atoms with Gasteiger partial charge in [0.15, 0.2) is 6.04 Å². The predicted octanol–water partition coefficient (Wildman–Crippen LogP) is 0.0581. The van der Waals surface area contributed by atoms with Crippen LogP contribution in [0.25, 0.3) is 0 Å². The topological polar surface area (TPSA) is 118 Å². The Labute approximate surface area is 123 Å². The monoisotopic (exact) mass is 309 g/mol. The van der Waals surface area contributed by atoms with Crippen LogP contribution in [0.4, 0.5) is 0 Å². The average molecular weight is 310 g/mol. The Bertz CT molecular complexity index is 403. The highest BCUT2D eigenvalue weighted by molar-refractivity contribution is 5.87. The van der Waals surface area contributed by atoms with E-state index in [-0.39, 0.29) is 31.4 Å². The quantitative estimate of drug-likeness (QED) is 0.613. The lowest BCUT2D eigenvalue weighted by atomic mass is 10.1. The van der Waals surface area contributed by atoms with Gasteiger partial charge in [-0.1, -0.05) is 30.3 Å². The molecule has 0 heterocycles. The molecule has 0 unspecified atom stereocenters. The summed E-state index contributed by atoms with van der Waals surface area (Å²) in [5.74, 6) is -1.72. The highest BCUT2D eigenvalue weighted by Crippen LogP contribution is 2.12. The van der Waals surface area contributed by atoms with Crippen LogP contribution in [0.2, 0.25) is 0 Å². The van der Waals surface area contributed by atoms with Gasteiger partial charge in [0.1, 0.15) is 0 Å². The van der Waals surface area contributed by atoms with Crippen LogP contribution in [-0.4, -0.2) is 29.6 Å². The molecule has 0 aliphatic heterocycles. The molecule has 0 fully saturated rings. The van der Waals surface area contributed by atoms with E-state index < -0.39 is 24.0 Å². The number of nitrogens with two attached hydrogens (primary N) is 2. The van der Waals surface area contributed by atoms with Gasteiger partial charge in [-0.05, 0) is 5.56 Å². The maximum Gasteiger partial charge on any atom is 0.330 e. The van der Waals surface area contributed by atoms with Gasteiger partial charge in [0.05, 0.1) is 6.04 Å². The zero-order chi connectivity index (χ0) is 12.8. The van der Waals surface area contributed by atoms with Crippen molar-refractivity contribution in [2.45, 2.75) is 12.1 Å². The van der Waals surface area contributed by atoms with Crippen molar-refractivity contribution >= 4 is 36.7 Å². The number of nitrogens with one attached hydrogen (secondary N) is 1. The Balaban J connectivity index is 0. The molecule has 108 valence electrons. The van der Waals surface area contributed by atoms with E-state index in [9.17, 15) is 9.59 Å². The summed E-state index contributed by atoms with van der Waals surface area (Å²) < 4.78 is 0. The first-order valence-electron chi connectivity index (χ1n) is 5.10. The normalized spacial score (nSPS) is 12.3. The van der Waals surface area contributed by atoms with Gasteiger partial charge in [-0.2, -0.15) is 0 Å². The second-order valence-corrected chi connectivity index (χ2v) is 3.53. The van der Waals surface area contributed by atoms with Crippen LogP contribution in [0, 0.1) is 0 Å². The number of hydrogen-bond acceptors (Lipinski definition) is 4. The Kier molecular flexibility index (Phi) is 10.1. The SMILES string of the molecule is Cl.Cl.NC[C@@H](N)C(=O)N[C@@H](C(=O)O)c1ccccc1. The lowest BCUT2D eigenvalue weighted by Crippen LogP contribution is -2.47. The molecule has 0 saturated heterocycles. The number of benzene rings is 1. The van der Waals surface area contributed by atoms with E-state index in [2.05, 4.69) is 5.32 Å². The van der Waals surface area contributed by atoms with Crippen molar-refractivity contribution in [3.05, 3.63) is 35.9 Å². The minimum Gasteiger partial charge on any atom is -0.479 e. The van der Waals surface area contributed by atoms with Crippen molar-refractivity contribution in [2.75, 3.05) is 6.54 Å². The van der Waals surface area contributed by atoms with E-state index in [0.29, 0.717) is 5.56 Å². The van der Waals surface area contributed by atoms with E-state index in [1.807, 2.05) is 0 Å². The summed E-state index contributed by atoms with van der Waals surface area (Å²) >= 11 is 0. The van der Waals surface area contributed by atoms with Gasteiger partial charge in [-0.15, -0.1) is 24.8 Å². The fraction of sp³-hybridized carbons (Fsp3) is 0.273. The minimum atomic E-state index is -1.14. The molecule has 8 heteroatoms. The largest absolute Gasteiger partial charge is 0.479 e. The molecule has 1 aromatic rings. The summed E-state index contributed by atoms with van der Waals surface area (Å²) in [6.45, 7) is -0.0348. The van der Waals surface area contributed by atoms with E-state index in [1.54, 1.807) is 30.3 Å². The summed E-state index contributed by atoms with van der Waals surface area (Å²) in [6.07, 6.45) is 0. The number of carbonyl (C=O) groups is 2. The van der Waals surface area contributed by atoms with Gasteiger partial charge in [0.2, 0.25) is 5.91 Å². The Morgan fingerprint density at radius 1 is 1.21 bits per heavy atom. The number of halogens is 2. The summed E-state index contributed by atoms with van der Waals surface area (Å²) in [6, 6.07) is 6.37. The van der Waals surface area contributed by atoms with E-state index in [1.165, 1.54) is 0 Å². The average Bonchev–Trinajstić information content (AvgIpc) is 2.35. The molecule has 6 N–H and O–H groups in total. The van der Waals surface area contributed by atoms with Gasteiger partial charge < -0.3 is 21.9 Å². The van der Waals surface area contributed by atoms with Crippen LogP contribution < -0.4 is 16.8 Å². The lowest BCUT2D eigenvalue weighted by Gasteiger charge is -2.17. The number of rotatable bonds is 5. The molecular weight excluding hydrogens is 293 g/mol. The molecule has 1 aromatic carbocycles. The van der Waals surface area contributed by atoms with Gasteiger partial charge in [0, 0.05) is 6.54 Å². The Morgan fingerprint density at radius 2 is 1.74 bits per heavy atom. The van der Waals surface area contributed by atoms with Crippen LogP contribution in [-0.2, 0) is 9.59 Å². The number of carbonyl (C=O) groups excluding carboxylic acids is 1. The Morgan fingerprint density at radius 3 is 2.16 bits per heavy atom. The first-order chi connectivity index (χ1) is 8.06. The third-order valence-corrected chi connectivity index (χ3v) is 2.26. The second kappa shape index (κ2) is 9.57. The molecule has 1 amide bonds. The van der Waals surface area contributed by atoms with Crippen LogP contribution in [0.5, 0.6) is 0 Å². The molecule has 19 heavy (non-hydrogen) atoms. The summed E-state index contributed by atoms with van der Waals surface area (Å²) in [5, 5.41) is 11.4. The molecule has 2 atom stereocenters. The standard InChI is InChI=1S/C11H15N3O3.2ClH/c12-6-8(13)10(15)14-9(11(16)17)7-4-2-1-3-5-7;;/h1-5,8-9H,6,12-13H2,(H,14,15)(H,16,17);2*1H/t8-,9-;;/m1../s1. The van der Waals surface area contributed by atoms with Crippen LogP contribution in [0.15, 0.2) is 30.3 Å². The smallest absolute Gasteiger partial charge is 0.330 e. The van der Waals surface area contributed by atoms with Crippen molar-refractivity contribution in [3.8, 4) is 0 Å². The fourth-order valence-corrected chi connectivity index (χ4v) is 1.29. The van der Waals surface area contributed by atoms with Gasteiger partial charge in [0.25, 0.3) is 0 Å². The molecule has 0 aliphatic rings. The fourth-order valence-electron chi connectivity index (χ4n) is 1.29. The summed E-state index contributed by atoms with van der Waals surface area (Å²) in [4.78, 5) is 22.5. The maximum absolute atomic E-state index is 11.5. The number of aliphatic carboxylic acids is 1. The van der Waals surface area contributed by atoms with Crippen molar-refractivity contribution in [3.63, 3.8) is 0 Å². The lowest BCUT2D eigenvalue weighted by molar-refractivity contribution is -0.142. The number of amides is 1. The van der Waals surface area contributed by atoms with Gasteiger partial charge in [-0.25, -0.2) is 4.79 Å². The molecular formula is C11H17Cl2N3O3. The van der Waals surface area contributed by atoms with Gasteiger partial charge in [-0.3, -0.25) is 4.79 Å². The third kappa shape index (κ3) is 5.89. The van der Waals surface area contributed by atoms with E-state index in [0.717, 1.165) is 0 Å². The van der Waals surface area contributed by atoms with Crippen molar-refractivity contribution < 1.29 is 14.7 Å². The highest BCUT2D eigenvalue weighted by Gasteiger charge is 2.23. The summed E-state index contributed by atoms with van der Waals surface area (Å²) in [7, 11) is 0. The molecule has 1 rings (SSSR count). The Hall–Kier alpha value is -1.34. The zero-order valence-electron chi connectivity index (χ0n) is 9.98. The predicted molar refractivity (Wildman–Crippen MR) is 76.5 cm³/mol.